The predicted octanol–water partition coefficient (Wildman–Crippen LogP) is 1.63. The van der Waals surface area contributed by atoms with Gasteiger partial charge in [0.1, 0.15) is 5.69 Å². The van der Waals surface area contributed by atoms with E-state index in [4.69, 9.17) is 5.84 Å². The van der Waals surface area contributed by atoms with E-state index in [1.165, 1.54) is 0 Å². The minimum absolute atomic E-state index is 0.154. The Morgan fingerprint density at radius 3 is 2.75 bits per heavy atom. The van der Waals surface area contributed by atoms with Crippen LogP contribution in [0.2, 0.25) is 0 Å². The first kappa shape index (κ1) is 14.7. The standard InChI is InChI=1S/C14H23N5O/c1-8-4-5-11(9(2)6-8)17-13(20)12-7-10(3)16-14(18-12)19-15/h7-9,11H,4-6,15H2,1-3H3,(H,17,20)(H,16,18,19). The van der Waals surface area contributed by atoms with Crippen LogP contribution in [-0.2, 0) is 0 Å². The van der Waals surface area contributed by atoms with Crippen molar-refractivity contribution in [1.82, 2.24) is 15.3 Å². The molecule has 1 aliphatic rings. The topological polar surface area (TPSA) is 92.9 Å². The van der Waals surface area contributed by atoms with Crippen molar-refractivity contribution in [1.29, 1.82) is 0 Å². The maximum absolute atomic E-state index is 12.3. The van der Waals surface area contributed by atoms with Crippen LogP contribution in [0.5, 0.6) is 0 Å². The summed E-state index contributed by atoms with van der Waals surface area (Å²) in [4.78, 5) is 20.5. The Labute approximate surface area is 119 Å². The summed E-state index contributed by atoms with van der Waals surface area (Å²) in [6, 6.07) is 1.90. The molecular formula is C14H23N5O. The molecule has 6 heteroatoms. The Hall–Kier alpha value is -1.69. The Kier molecular flexibility index (Phi) is 4.54. The minimum Gasteiger partial charge on any atom is -0.348 e. The number of carbonyl (C=O) groups excluding carboxylic acids is 1. The summed E-state index contributed by atoms with van der Waals surface area (Å²) in [7, 11) is 0. The van der Waals surface area contributed by atoms with Crippen molar-refractivity contribution < 1.29 is 4.79 Å². The average molecular weight is 277 g/mol. The molecule has 1 aromatic rings. The van der Waals surface area contributed by atoms with Gasteiger partial charge in [-0.05, 0) is 44.1 Å². The van der Waals surface area contributed by atoms with Gasteiger partial charge in [0.25, 0.3) is 5.91 Å². The Balaban J connectivity index is 2.06. The number of carbonyl (C=O) groups is 1. The van der Waals surface area contributed by atoms with Crippen molar-refractivity contribution in [2.45, 2.75) is 46.1 Å². The number of anilines is 1. The molecule has 1 aliphatic carbocycles. The smallest absolute Gasteiger partial charge is 0.270 e. The highest BCUT2D eigenvalue weighted by atomic mass is 16.1. The zero-order chi connectivity index (χ0) is 14.7. The third kappa shape index (κ3) is 3.45. The van der Waals surface area contributed by atoms with Gasteiger partial charge in [-0.2, -0.15) is 0 Å². The molecular weight excluding hydrogens is 254 g/mol. The lowest BCUT2D eigenvalue weighted by Crippen LogP contribution is -2.42. The molecule has 1 aromatic heterocycles. The molecule has 0 bridgehead atoms. The molecule has 0 aromatic carbocycles. The molecule has 110 valence electrons. The van der Waals surface area contributed by atoms with Gasteiger partial charge in [0.15, 0.2) is 0 Å². The van der Waals surface area contributed by atoms with E-state index in [1.807, 2.05) is 6.92 Å². The molecule has 2 rings (SSSR count). The number of aryl methyl sites for hydroxylation is 1. The second kappa shape index (κ2) is 6.17. The summed E-state index contributed by atoms with van der Waals surface area (Å²) in [6.07, 6.45) is 3.34. The number of aromatic nitrogens is 2. The summed E-state index contributed by atoms with van der Waals surface area (Å²) < 4.78 is 0. The Morgan fingerprint density at radius 2 is 2.10 bits per heavy atom. The van der Waals surface area contributed by atoms with Crippen LogP contribution >= 0.6 is 0 Å². The summed E-state index contributed by atoms with van der Waals surface area (Å²) in [6.45, 7) is 6.27. The largest absolute Gasteiger partial charge is 0.348 e. The van der Waals surface area contributed by atoms with Crippen LogP contribution in [0.15, 0.2) is 6.07 Å². The number of rotatable bonds is 3. The van der Waals surface area contributed by atoms with Gasteiger partial charge < -0.3 is 5.32 Å². The first-order valence-corrected chi connectivity index (χ1v) is 7.12. The zero-order valence-corrected chi connectivity index (χ0v) is 12.3. The highest BCUT2D eigenvalue weighted by Gasteiger charge is 2.27. The predicted molar refractivity (Wildman–Crippen MR) is 78.0 cm³/mol. The molecule has 6 nitrogen and oxygen atoms in total. The quantitative estimate of drug-likeness (QED) is 0.577. The van der Waals surface area contributed by atoms with Crippen molar-refractivity contribution in [3.05, 3.63) is 17.5 Å². The highest BCUT2D eigenvalue weighted by molar-refractivity contribution is 5.92. The van der Waals surface area contributed by atoms with Gasteiger partial charge in [0, 0.05) is 11.7 Å². The van der Waals surface area contributed by atoms with Crippen molar-refractivity contribution >= 4 is 11.9 Å². The number of amides is 1. The molecule has 4 N–H and O–H groups in total. The summed E-state index contributed by atoms with van der Waals surface area (Å²) in [5.74, 6) is 6.65. The summed E-state index contributed by atoms with van der Waals surface area (Å²) in [5.41, 5.74) is 3.45. The molecule has 20 heavy (non-hydrogen) atoms. The minimum atomic E-state index is -0.154. The second-order valence-electron chi connectivity index (χ2n) is 5.84. The average Bonchev–Trinajstić information content (AvgIpc) is 2.41. The van der Waals surface area contributed by atoms with Crippen LogP contribution in [-0.4, -0.2) is 21.9 Å². The maximum atomic E-state index is 12.3. The number of nitrogens with one attached hydrogen (secondary N) is 2. The van der Waals surface area contributed by atoms with Crippen molar-refractivity contribution in [2.24, 2.45) is 17.7 Å². The molecule has 1 saturated carbocycles. The monoisotopic (exact) mass is 277 g/mol. The van der Waals surface area contributed by atoms with Crippen LogP contribution in [0.3, 0.4) is 0 Å². The number of hydrazine groups is 1. The first-order valence-electron chi connectivity index (χ1n) is 7.12. The third-order valence-corrected chi connectivity index (χ3v) is 3.96. The lowest BCUT2D eigenvalue weighted by Gasteiger charge is -2.33. The van der Waals surface area contributed by atoms with Crippen molar-refractivity contribution in [2.75, 3.05) is 5.43 Å². The zero-order valence-electron chi connectivity index (χ0n) is 12.3. The van der Waals surface area contributed by atoms with Crippen LogP contribution in [0.4, 0.5) is 5.95 Å². The molecule has 0 saturated heterocycles. The molecule has 3 unspecified atom stereocenters. The number of nitrogen functional groups attached to an aromatic ring is 1. The van der Waals surface area contributed by atoms with E-state index in [2.05, 4.69) is 34.6 Å². The van der Waals surface area contributed by atoms with Gasteiger partial charge in [-0.25, -0.2) is 15.8 Å². The van der Waals surface area contributed by atoms with Crippen molar-refractivity contribution in [3.8, 4) is 0 Å². The number of hydrogen-bond donors (Lipinski definition) is 3. The van der Waals surface area contributed by atoms with Crippen LogP contribution in [0, 0.1) is 18.8 Å². The molecule has 0 aliphatic heterocycles. The van der Waals surface area contributed by atoms with E-state index in [0.717, 1.165) is 25.2 Å². The number of nitrogens with zero attached hydrogens (tertiary/aromatic N) is 2. The second-order valence-corrected chi connectivity index (χ2v) is 5.84. The fourth-order valence-electron chi connectivity index (χ4n) is 2.87. The molecule has 3 atom stereocenters. The van der Waals surface area contributed by atoms with E-state index in [9.17, 15) is 4.79 Å². The normalized spacial score (nSPS) is 26.1. The number of hydrogen-bond acceptors (Lipinski definition) is 5. The fraction of sp³-hybridized carbons (Fsp3) is 0.643. The van der Waals surface area contributed by atoms with E-state index < -0.39 is 0 Å². The van der Waals surface area contributed by atoms with Gasteiger partial charge in [0.2, 0.25) is 5.95 Å². The van der Waals surface area contributed by atoms with Gasteiger partial charge in [-0.15, -0.1) is 0 Å². The van der Waals surface area contributed by atoms with E-state index >= 15 is 0 Å². The Bertz CT molecular complexity index is 490. The molecule has 1 fully saturated rings. The Morgan fingerprint density at radius 1 is 1.35 bits per heavy atom. The fourth-order valence-corrected chi connectivity index (χ4v) is 2.87. The van der Waals surface area contributed by atoms with E-state index in [1.54, 1.807) is 6.07 Å². The summed E-state index contributed by atoms with van der Waals surface area (Å²) >= 11 is 0. The van der Waals surface area contributed by atoms with E-state index in [-0.39, 0.29) is 17.9 Å². The van der Waals surface area contributed by atoms with Gasteiger partial charge in [-0.3, -0.25) is 10.2 Å². The van der Waals surface area contributed by atoms with Crippen LogP contribution < -0.4 is 16.6 Å². The maximum Gasteiger partial charge on any atom is 0.270 e. The summed E-state index contributed by atoms with van der Waals surface area (Å²) in [5, 5.41) is 3.09. The lowest BCUT2D eigenvalue weighted by atomic mass is 9.80. The number of nitrogens with two attached hydrogens (primary N) is 1. The molecule has 0 radical (unpaired) electrons. The first-order chi connectivity index (χ1) is 9.49. The highest BCUT2D eigenvalue weighted by Crippen LogP contribution is 2.28. The SMILES string of the molecule is Cc1cc(C(=O)NC2CCC(C)CC2C)nc(NN)n1. The molecule has 1 heterocycles. The van der Waals surface area contributed by atoms with Gasteiger partial charge >= 0.3 is 0 Å². The van der Waals surface area contributed by atoms with Gasteiger partial charge in [0.05, 0.1) is 0 Å². The van der Waals surface area contributed by atoms with Crippen LogP contribution in [0.25, 0.3) is 0 Å². The van der Waals surface area contributed by atoms with E-state index in [0.29, 0.717) is 17.3 Å². The molecule has 0 spiro atoms. The lowest BCUT2D eigenvalue weighted by molar-refractivity contribution is 0.0894. The molecule has 1 amide bonds. The van der Waals surface area contributed by atoms with Gasteiger partial charge in [-0.1, -0.05) is 13.8 Å². The van der Waals surface area contributed by atoms with Crippen molar-refractivity contribution in [3.63, 3.8) is 0 Å². The third-order valence-electron chi connectivity index (χ3n) is 3.96. The van der Waals surface area contributed by atoms with Crippen LogP contribution in [0.1, 0.15) is 49.3 Å².